The van der Waals surface area contributed by atoms with Gasteiger partial charge in [0, 0.05) is 23.5 Å². The summed E-state index contributed by atoms with van der Waals surface area (Å²) in [7, 11) is 0. The fraction of sp³-hybridized carbons (Fsp3) is 0.133. The molecule has 1 aliphatic rings. The molecule has 96 valence electrons. The SMILES string of the molecule is Nc1cccc2c1CCN2C(=O)Nc1ccccc1. The Kier molecular flexibility index (Phi) is 2.83. The van der Waals surface area contributed by atoms with Crippen LogP contribution in [0.15, 0.2) is 48.5 Å². The van der Waals surface area contributed by atoms with Crippen molar-refractivity contribution in [3.63, 3.8) is 0 Å². The fourth-order valence-corrected chi connectivity index (χ4v) is 2.38. The van der Waals surface area contributed by atoms with Gasteiger partial charge in [-0.2, -0.15) is 0 Å². The molecular weight excluding hydrogens is 238 g/mol. The summed E-state index contributed by atoms with van der Waals surface area (Å²) in [6.45, 7) is 0.669. The van der Waals surface area contributed by atoms with E-state index in [0.717, 1.165) is 29.0 Å². The second-order valence-corrected chi connectivity index (χ2v) is 4.54. The number of benzene rings is 2. The van der Waals surface area contributed by atoms with Crippen LogP contribution < -0.4 is 16.0 Å². The number of rotatable bonds is 1. The van der Waals surface area contributed by atoms with E-state index in [1.165, 1.54) is 0 Å². The molecule has 0 unspecified atom stereocenters. The third-order valence-electron chi connectivity index (χ3n) is 3.33. The summed E-state index contributed by atoms with van der Waals surface area (Å²) >= 11 is 0. The highest BCUT2D eigenvalue weighted by Gasteiger charge is 2.25. The number of para-hydroxylation sites is 1. The molecule has 3 N–H and O–H groups in total. The van der Waals surface area contributed by atoms with Crippen molar-refractivity contribution in [3.05, 3.63) is 54.1 Å². The maximum absolute atomic E-state index is 12.3. The van der Waals surface area contributed by atoms with Gasteiger partial charge in [0.1, 0.15) is 0 Å². The first-order chi connectivity index (χ1) is 9.25. The second-order valence-electron chi connectivity index (χ2n) is 4.54. The van der Waals surface area contributed by atoms with E-state index in [9.17, 15) is 4.79 Å². The Morgan fingerprint density at radius 1 is 1.11 bits per heavy atom. The molecule has 2 aromatic rings. The molecule has 0 aliphatic carbocycles. The lowest BCUT2D eigenvalue weighted by Gasteiger charge is -2.18. The molecule has 0 bridgehead atoms. The van der Waals surface area contributed by atoms with Gasteiger partial charge in [-0.25, -0.2) is 4.79 Å². The van der Waals surface area contributed by atoms with Crippen LogP contribution in [0.25, 0.3) is 0 Å². The molecule has 3 rings (SSSR count). The van der Waals surface area contributed by atoms with E-state index >= 15 is 0 Å². The second kappa shape index (κ2) is 4.65. The fourth-order valence-electron chi connectivity index (χ4n) is 2.38. The molecule has 0 saturated heterocycles. The summed E-state index contributed by atoms with van der Waals surface area (Å²) < 4.78 is 0. The van der Waals surface area contributed by atoms with Crippen molar-refractivity contribution in [1.82, 2.24) is 0 Å². The molecule has 4 heteroatoms. The number of amides is 2. The third-order valence-corrected chi connectivity index (χ3v) is 3.33. The molecule has 0 atom stereocenters. The highest BCUT2D eigenvalue weighted by molar-refractivity contribution is 6.03. The maximum Gasteiger partial charge on any atom is 0.326 e. The first-order valence-corrected chi connectivity index (χ1v) is 6.26. The summed E-state index contributed by atoms with van der Waals surface area (Å²) in [5, 5.41) is 2.89. The smallest absolute Gasteiger partial charge is 0.326 e. The van der Waals surface area contributed by atoms with Gasteiger partial charge in [0.05, 0.1) is 5.69 Å². The summed E-state index contributed by atoms with van der Waals surface area (Å²) in [5.41, 5.74) is 9.45. The summed E-state index contributed by atoms with van der Waals surface area (Å²) in [6.07, 6.45) is 0.810. The van der Waals surface area contributed by atoms with E-state index in [2.05, 4.69) is 5.32 Å². The number of hydrogen-bond donors (Lipinski definition) is 2. The zero-order valence-corrected chi connectivity index (χ0v) is 10.5. The summed E-state index contributed by atoms with van der Waals surface area (Å²) in [4.78, 5) is 14.0. The van der Waals surface area contributed by atoms with Gasteiger partial charge in [0.25, 0.3) is 0 Å². The van der Waals surface area contributed by atoms with Crippen molar-refractivity contribution in [2.45, 2.75) is 6.42 Å². The monoisotopic (exact) mass is 253 g/mol. The predicted molar refractivity (Wildman–Crippen MR) is 77.4 cm³/mol. The Hall–Kier alpha value is -2.49. The minimum Gasteiger partial charge on any atom is -0.398 e. The number of nitrogens with one attached hydrogen (secondary N) is 1. The van der Waals surface area contributed by atoms with Gasteiger partial charge in [-0.3, -0.25) is 4.90 Å². The molecule has 0 saturated carbocycles. The lowest BCUT2D eigenvalue weighted by Crippen LogP contribution is -2.33. The van der Waals surface area contributed by atoms with E-state index < -0.39 is 0 Å². The van der Waals surface area contributed by atoms with E-state index in [4.69, 9.17) is 5.73 Å². The van der Waals surface area contributed by atoms with Crippen molar-refractivity contribution in [3.8, 4) is 0 Å². The normalized spacial score (nSPS) is 13.2. The van der Waals surface area contributed by atoms with Gasteiger partial charge in [-0.05, 0) is 30.7 Å². The Morgan fingerprint density at radius 2 is 1.89 bits per heavy atom. The molecule has 19 heavy (non-hydrogen) atoms. The number of carbonyl (C=O) groups excluding carboxylic acids is 1. The van der Waals surface area contributed by atoms with Crippen LogP contribution in [0.1, 0.15) is 5.56 Å². The van der Waals surface area contributed by atoms with Crippen LogP contribution in [0.3, 0.4) is 0 Å². The molecule has 0 radical (unpaired) electrons. The zero-order chi connectivity index (χ0) is 13.2. The quantitative estimate of drug-likeness (QED) is 0.768. The summed E-state index contributed by atoms with van der Waals surface area (Å²) in [6, 6.07) is 15.0. The first kappa shape index (κ1) is 11.6. The van der Waals surface area contributed by atoms with Crippen molar-refractivity contribution in [1.29, 1.82) is 0 Å². The molecule has 0 fully saturated rings. The Labute approximate surface area is 111 Å². The number of hydrogen-bond acceptors (Lipinski definition) is 2. The van der Waals surface area contributed by atoms with E-state index in [0.29, 0.717) is 6.54 Å². The van der Waals surface area contributed by atoms with Crippen molar-refractivity contribution in [2.75, 3.05) is 22.5 Å². The number of urea groups is 1. The van der Waals surface area contributed by atoms with E-state index in [-0.39, 0.29) is 6.03 Å². The largest absolute Gasteiger partial charge is 0.398 e. The maximum atomic E-state index is 12.3. The number of nitrogens with two attached hydrogens (primary N) is 1. The molecule has 4 nitrogen and oxygen atoms in total. The summed E-state index contributed by atoms with van der Waals surface area (Å²) in [5.74, 6) is 0. The Bertz CT molecular complexity index is 610. The minimum absolute atomic E-state index is 0.115. The highest BCUT2D eigenvalue weighted by Crippen LogP contribution is 2.32. The van der Waals surface area contributed by atoms with Crippen molar-refractivity contribution >= 4 is 23.1 Å². The molecule has 2 amide bonds. The standard InChI is InChI=1S/C15H15N3O/c16-13-7-4-8-14-12(13)9-10-18(14)15(19)17-11-5-2-1-3-6-11/h1-8H,9-10,16H2,(H,17,19). The minimum atomic E-state index is -0.115. The molecule has 1 heterocycles. The highest BCUT2D eigenvalue weighted by atomic mass is 16.2. The molecular formula is C15H15N3O. The van der Waals surface area contributed by atoms with Gasteiger partial charge in [0.15, 0.2) is 0 Å². The average molecular weight is 253 g/mol. The topological polar surface area (TPSA) is 58.4 Å². The van der Waals surface area contributed by atoms with Crippen LogP contribution in [0.4, 0.5) is 21.9 Å². The Morgan fingerprint density at radius 3 is 2.68 bits per heavy atom. The molecule has 0 aromatic heterocycles. The number of carbonyl (C=O) groups is 1. The molecule has 0 spiro atoms. The van der Waals surface area contributed by atoms with Gasteiger partial charge in [-0.1, -0.05) is 24.3 Å². The average Bonchev–Trinajstić information content (AvgIpc) is 2.85. The van der Waals surface area contributed by atoms with Crippen molar-refractivity contribution in [2.24, 2.45) is 0 Å². The van der Waals surface area contributed by atoms with Gasteiger partial charge < -0.3 is 11.1 Å². The lowest BCUT2D eigenvalue weighted by atomic mass is 10.1. The first-order valence-electron chi connectivity index (χ1n) is 6.26. The van der Waals surface area contributed by atoms with Crippen LogP contribution in [0.5, 0.6) is 0 Å². The third kappa shape index (κ3) is 2.12. The van der Waals surface area contributed by atoms with Crippen LogP contribution in [0, 0.1) is 0 Å². The van der Waals surface area contributed by atoms with Crippen molar-refractivity contribution < 1.29 is 4.79 Å². The molecule has 2 aromatic carbocycles. The van der Waals surface area contributed by atoms with Crippen LogP contribution in [-0.4, -0.2) is 12.6 Å². The van der Waals surface area contributed by atoms with Crippen LogP contribution in [0.2, 0.25) is 0 Å². The zero-order valence-electron chi connectivity index (χ0n) is 10.5. The van der Waals surface area contributed by atoms with Crippen LogP contribution >= 0.6 is 0 Å². The Balaban J connectivity index is 1.82. The number of anilines is 3. The van der Waals surface area contributed by atoms with Gasteiger partial charge in [0.2, 0.25) is 0 Å². The van der Waals surface area contributed by atoms with Crippen LogP contribution in [-0.2, 0) is 6.42 Å². The van der Waals surface area contributed by atoms with Gasteiger partial charge >= 0.3 is 6.03 Å². The van der Waals surface area contributed by atoms with E-state index in [1.54, 1.807) is 4.90 Å². The predicted octanol–water partition coefficient (Wildman–Crippen LogP) is 2.86. The molecule has 1 aliphatic heterocycles. The number of nitrogens with zero attached hydrogens (tertiary/aromatic N) is 1. The lowest BCUT2D eigenvalue weighted by molar-refractivity contribution is 0.257. The number of fused-ring (bicyclic) bond motifs is 1. The van der Waals surface area contributed by atoms with E-state index in [1.807, 2.05) is 48.5 Å². The number of nitrogen functional groups attached to an aromatic ring is 1. The van der Waals surface area contributed by atoms with Gasteiger partial charge in [-0.15, -0.1) is 0 Å².